The van der Waals surface area contributed by atoms with Gasteiger partial charge in [0.15, 0.2) is 0 Å². The summed E-state index contributed by atoms with van der Waals surface area (Å²) in [5.41, 5.74) is 0. The molecular formula is C6H5F2. The molecule has 0 aromatic rings. The SMILES string of the molecule is FC1(F)C=CC=[C]C1. The number of allylic oxidation sites excluding steroid dienone is 4. The first-order chi connectivity index (χ1) is 3.71. The summed E-state index contributed by atoms with van der Waals surface area (Å²) in [6.45, 7) is 0. The third-order valence-corrected chi connectivity index (χ3v) is 0.892. The van der Waals surface area contributed by atoms with Crippen molar-refractivity contribution in [1.29, 1.82) is 0 Å². The van der Waals surface area contributed by atoms with Crippen LogP contribution in [0.2, 0.25) is 0 Å². The van der Waals surface area contributed by atoms with Crippen molar-refractivity contribution in [2.75, 3.05) is 0 Å². The van der Waals surface area contributed by atoms with Gasteiger partial charge in [0, 0.05) is 6.42 Å². The minimum absolute atomic E-state index is 0.274. The molecule has 1 aliphatic rings. The van der Waals surface area contributed by atoms with Crippen molar-refractivity contribution in [1.82, 2.24) is 0 Å². The van der Waals surface area contributed by atoms with Crippen molar-refractivity contribution in [3.8, 4) is 0 Å². The largest absolute Gasteiger partial charge is 0.270 e. The molecule has 0 nitrogen and oxygen atoms in total. The van der Waals surface area contributed by atoms with E-state index >= 15 is 0 Å². The summed E-state index contributed by atoms with van der Waals surface area (Å²) in [5.74, 6) is -2.64. The highest BCUT2D eigenvalue weighted by molar-refractivity contribution is 5.11. The summed E-state index contributed by atoms with van der Waals surface area (Å²) < 4.78 is 24.1. The fraction of sp³-hybridized carbons (Fsp3) is 0.333. The maximum Gasteiger partial charge on any atom is 0.270 e. The standard InChI is InChI=1S/C6H5F2/c7-6(8)4-2-1-3-5-6/h1-2,4H,5H2. The molecule has 0 saturated heterocycles. The smallest absolute Gasteiger partial charge is 0.202 e. The van der Waals surface area contributed by atoms with Gasteiger partial charge in [-0.05, 0) is 12.2 Å². The quantitative estimate of drug-likeness (QED) is 0.452. The van der Waals surface area contributed by atoms with E-state index in [1.165, 1.54) is 12.2 Å². The van der Waals surface area contributed by atoms with Gasteiger partial charge < -0.3 is 0 Å². The van der Waals surface area contributed by atoms with Gasteiger partial charge in [-0.2, -0.15) is 0 Å². The minimum Gasteiger partial charge on any atom is -0.202 e. The molecule has 0 aromatic heterocycles. The van der Waals surface area contributed by atoms with E-state index in [4.69, 9.17) is 0 Å². The van der Waals surface area contributed by atoms with E-state index in [0.717, 1.165) is 6.08 Å². The minimum atomic E-state index is -2.64. The molecule has 1 radical (unpaired) electrons. The number of hydrogen-bond acceptors (Lipinski definition) is 0. The van der Waals surface area contributed by atoms with Gasteiger partial charge in [0.1, 0.15) is 0 Å². The number of hydrogen-bond donors (Lipinski definition) is 0. The van der Waals surface area contributed by atoms with Gasteiger partial charge in [0.2, 0.25) is 0 Å². The van der Waals surface area contributed by atoms with Crippen LogP contribution in [0.5, 0.6) is 0 Å². The van der Waals surface area contributed by atoms with Crippen molar-refractivity contribution < 1.29 is 8.78 Å². The van der Waals surface area contributed by atoms with E-state index in [1.807, 2.05) is 0 Å². The summed E-state index contributed by atoms with van der Waals surface area (Å²) >= 11 is 0. The van der Waals surface area contributed by atoms with Gasteiger partial charge >= 0.3 is 0 Å². The Morgan fingerprint density at radius 3 is 2.50 bits per heavy atom. The van der Waals surface area contributed by atoms with E-state index in [1.54, 1.807) is 0 Å². The maximum atomic E-state index is 12.0. The summed E-state index contributed by atoms with van der Waals surface area (Å²) in [6, 6.07) is 0. The lowest BCUT2D eigenvalue weighted by atomic mass is 10.1. The van der Waals surface area contributed by atoms with Crippen LogP contribution in [0.1, 0.15) is 6.42 Å². The zero-order valence-corrected chi connectivity index (χ0v) is 4.20. The van der Waals surface area contributed by atoms with Crippen molar-refractivity contribution in [2.24, 2.45) is 0 Å². The molecule has 0 aliphatic heterocycles. The van der Waals surface area contributed by atoms with E-state index in [2.05, 4.69) is 6.08 Å². The molecule has 0 atom stereocenters. The van der Waals surface area contributed by atoms with Crippen molar-refractivity contribution in [3.05, 3.63) is 24.3 Å². The maximum absolute atomic E-state index is 12.0. The second-order valence-electron chi connectivity index (χ2n) is 1.67. The van der Waals surface area contributed by atoms with Crippen molar-refractivity contribution in [2.45, 2.75) is 12.3 Å². The average molecular weight is 115 g/mol. The molecule has 43 valence electrons. The Kier molecular flexibility index (Phi) is 1.16. The predicted molar refractivity (Wildman–Crippen MR) is 26.5 cm³/mol. The Bertz CT molecular complexity index is 133. The molecule has 0 unspecified atom stereocenters. The lowest BCUT2D eigenvalue weighted by molar-refractivity contribution is 0.0556. The van der Waals surface area contributed by atoms with Gasteiger partial charge in [0.25, 0.3) is 5.92 Å². The van der Waals surface area contributed by atoms with Gasteiger partial charge in [-0.25, -0.2) is 8.78 Å². The van der Waals surface area contributed by atoms with Gasteiger partial charge in [-0.3, -0.25) is 0 Å². The molecule has 0 heterocycles. The first-order valence-electron chi connectivity index (χ1n) is 2.33. The summed E-state index contributed by atoms with van der Waals surface area (Å²) in [4.78, 5) is 0. The highest BCUT2D eigenvalue weighted by atomic mass is 19.3. The Hall–Kier alpha value is -0.660. The van der Waals surface area contributed by atoms with Crippen LogP contribution >= 0.6 is 0 Å². The molecule has 0 N–H and O–H groups in total. The molecule has 0 saturated carbocycles. The number of alkyl halides is 2. The molecule has 1 aliphatic carbocycles. The predicted octanol–water partition coefficient (Wildman–Crippen LogP) is 1.94. The number of halogens is 2. The highest BCUT2D eigenvalue weighted by Gasteiger charge is 2.23. The van der Waals surface area contributed by atoms with Crippen LogP contribution in [-0.4, -0.2) is 5.92 Å². The van der Waals surface area contributed by atoms with Crippen LogP contribution in [-0.2, 0) is 0 Å². The molecule has 0 spiro atoms. The Morgan fingerprint density at radius 2 is 2.25 bits per heavy atom. The van der Waals surface area contributed by atoms with Crippen LogP contribution in [0, 0.1) is 6.08 Å². The monoisotopic (exact) mass is 115 g/mol. The van der Waals surface area contributed by atoms with Crippen LogP contribution in [0.25, 0.3) is 0 Å². The third kappa shape index (κ3) is 1.15. The Labute approximate surface area is 46.5 Å². The second kappa shape index (κ2) is 1.69. The highest BCUT2D eigenvalue weighted by Crippen LogP contribution is 2.22. The summed E-state index contributed by atoms with van der Waals surface area (Å²) in [5, 5.41) is 0. The fourth-order valence-electron chi connectivity index (χ4n) is 0.511. The average Bonchev–Trinajstić information content (AvgIpc) is 1.65. The summed E-state index contributed by atoms with van der Waals surface area (Å²) in [6.07, 6.45) is 5.82. The summed E-state index contributed by atoms with van der Waals surface area (Å²) in [7, 11) is 0. The first-order valence-corrected chi connectivity index (χ1v) is 2.33. The molecule has 2 heteroatoms. The van der Waals surface area contributed by atoms with E-state index in [0.29, 0.717) is 0 Å². The van der Waals surface area contributed by atoms with Gasteiger partial charge in [-0.15, -0.1) is 0 Å². The molecular weight excluding hydrogens is 110 g/mol. The Morgan fingerprint density at radius 1 is 1.50 bits per heavy atom. The molecule has 0 aromatic carbocycles. The van der Waals surface area contributed by atoms with Crippen LogP contribution in [0.4, 0.5) is 8.78 Å². The van der Waals surface area contributed by atoms with E-state index in [9.17, 15) is 8.78 Å². The fourth-order valence-corrected chi connectivity index (χ4v) is 0.511. The topological polar surface area (TPSA) is 0 Å². The number of rotatable bonds is 0. The Balaban J connectivity index is 2.65. The van der Waals surface area contributed by atoms with Gasteiger partial charge in [-0.1, -0.05) is 12.2 Å². The lowest BCUT2D eigenvalue weighted by Crippen LogP contribution is -2.11. The third-order valence-electron chi connectivity index (χ3n) is 0.892. The lowest BCUT2D eigenvalue weighted by Gasteiger charge is -2.09. The molecule has 0 fully saturated rings. The van der Waals surface area contributed by atoms with Crippen LogP contribution in [0.3, 0.4) is 0 Å². The van der Waals surface area contributed by atoms with E-state index in [-0.39, 0.29) is 6.42 Å². The van der Waals surface area contributed by atoms with Gasteiger partial charge in [0.05, 0.1) is 0 Å². The zero-order valence-electron chi connectivity index (χ0n) is 4.20. The molecule has 0 bridgehead atoms. The van der Waals surface area contributed by atoms with E-state index < -0.39 is 5.92 Å². The normalized spacial score (nSPS) is 23.8. The van der Waals surface area contributed by atoms with Crippen molar-refractivity contribution >= 4 is 0 Å². The molecule has 0 amide bonds. The zero-order chi connectivity index (χ0) is 6.04. The van der Waals surface area contributed by atoms with Crippen molar-refractivity contribution in [3.63, 3.8) is 0 Å². The molecule has 1 rings (SSSR count). The van der Waals surface area contributed by atoms with Crippen LogP contribution < -0.4 is 0 Å². The molecule has 8 heavy (non-hydrogen) atoms. The van der Waals surface area contributed by atoms with Crippen LogP contribution in [0.15, 0.2) is 18.2 Å². The first kappa shape index (κ1) is 5.48. The second-order valence-corrected chi connectivity index (χ2v) is 1.67.